The average Bonchev–Trinajstić information content (AvgIpc) is 3.99. The number of rotatable bonds is 7. The average molecular weight is 728 g/mol. The largest absolute Gasteiger partial charge is 0.497 e. The summed E-state index contributed by atoms with van der Waals surface area (Å²) < 4.78 is 50.6. The molecule has 5 atom stereocenters. The number of nitrogens with one attached hydrogen (secondary N) is 3. The summed E-state index contributed by atoms with van der Waals surface area (Å²) in [6.45, 7) is 5.55. The molecule has 1 saturated heterocycles. The van der Waals surface area contributed by atoms with E-state index < -0.39 is 74.3 Å². The number of fused-ring (bicyclic) bond motifs is 3. The van der Waals surface area contributed by atoms with E-state index >= 15 is 0 Å². The highest BCUT2D eigenvalue weighted by Gasteiger charge is 2.62. The Labute approximate surface area is 296 Å². The standard InChI is InChI=1S/C35H45N5O10S/c1-34(2,3)50-33(44)37-27-8-6-16-48-15-5-7-22-19-35(22,32(43)39-51(45,46)25-10-11-25)38-29(41)28-18-24(20-40(28)31(27)42)49-30-26-12-9-23(47-4)17-21(26)13-14-36-30/h5,7,9,12-14,17,22,24-25,27-28H,6,8,10-11,15-16,18-20H2,1-4H3,(H,37,44)(H,38,41)(H,39,43)/b7-5-. The number of aromatic nitrogens is 1. The van der Waals surface area contributed by atoms with Gasteiger partial charge < -0.3 is 34.5 Å². The van der Waals surface area contributed by atoms with Crippen molar-refractivity contribution < 1.29 is 46.5 Å². The summed E-state index contributed by atoms with van der Waals surface area (Å²) in [4.78, 5) is 60.9. The van der Waals surface area contributed by atoms with Crippen LogP contribution >= 0.6 is 0 Å². The van der Waals surface area contributed by atoms with Gasteiger partial charge in [0.05, 0.1) is 25.5 Å². The Morgan fingerprint density at radius 3 is 2.65 bits per heavy atom. The van der Waals surface area contributed by atoms with Gasteiger partial charge in [-0.05, 0) is 82.5 Å². The Morgan fingerprint density at radius 2 is 1.92 bits per heavy atom. The number of methoxy groups -OCH3 is 1. The van der Waals surface area contributed by atoms with E-state index in [1.54, 1.807) is 52.3 Å². The fraction of sp³-hybridized carbons (Fsp3) is 0.571. The molecule has 4 aliphatic rings. The van der Waals surface area contributed by atoms with Gasteiger partial charge in [-0.3, -0.25) is 19.1 Å². The number of carbonyl (C=O) groups is 4. The molecule has 2 aliphatic heterocycles. The number of benzene rings is 1. The number of amides is 4. The van der Waals surface area contributed by atoms with Gasteiger partial charge in [0.1, 0.15) is 35.1 Å². The number of sulfonamides is 1. The number of carbonyl (C=O) groups excluding carboxylic acids is 4. The van der Waals surface area contributed by atoms with Crippen LogP contribution in [0.3, 0.4) is 0 Å². The Kier molecular flexibility index (Phi) is 10.2. The van der Waals surface area contributed by atoms with Gasteiger partial charge >= 0.3 is 6.09 Å². The van der Waals surface area contributed by atoms with Gasteiger partial charge in [-0.15, -0.1) is 0 Å². The van der Waals surface area contributed by atoms with Crippen molar-refractivity contribution in [3.63, 3.8) is 0 Å². The molecule has 0 spiro atoms. The summed E-state index contributed by atoms with van der Waals surface area (Å²) in [7, 11) is -2.34. The predicted molar refractivity (Wildman–Crippen MR) is 184 cm³/mol. The molecule has 6 rings (SSSR count). The van der Waals surface area contributed by atoms with Crippen LogP contribution in [0.25, 0.3) is 10.8 Å². The third kappa shape index (κ3) is 8.38. The molecule has 0 radical (unpaired) electrons. The van der Waals surface area contributed by atoms with Gasteiger partial charge in [-0.1, -0.05) is 12.2 Å². The van der Waals surface area contributed by atoms with Crippen LogP contribution in [-0.2, 0) is 33.9 Å². The predicted octanol–water partition coefficient (Wildman–Crippen LogP) is 2.33. The first kappa shape index (κ1) is 36.4. The lowest BCUT2D eigenvalue weighted by molar-refractivity contribution is -0.141. The number of hydrogen-bond donors (Lipinski definition) is 3. The van der Waals surface area contributed by atoms with Crippen LogP contribution in [0.15, 0.2) is 42.6 Å². The molecular weight excluding hydrogens is 682 g/mol. The molecule has 1 aromatic carbocycles. The highest BCUT2D eigenvalue weighted by atomic mass is 32.2. The lowest BCUT2D eigenvalue weighted by Crippen LogP contribution is -2.58. The molecule has 4 amide bonds. The Balaban J connectivity index is 1.30. The van der Waals surface area contributed by atoms with Crippen LogP contribution in [0.2, 0.25) is 0 Å². The number of alkyl carbamates (subject to hydrolysis) is 1. The van der Waals surface area contributed by atoms with E-state index in [-0.39, 0.29) is 39.0 Å². The van der Waals surface area contributed by atoms with Crippen LogP contribution in [0.5, 0.6) is 11.6 Å². The van der Waals surface area contributed by atoms with Crippen LogP contribution in [0.4, 0.5) is 4.79 Å². The fourth-order valence-electron chi connectivity index (χ4n) is 6.52. The topological polar surface area (TPSA) is 192 Å². The summed E-state index contributed by atoms with van der Waals surface area (Å²) in [5, 5.41) is 6.37. The van der Waals surface area contributed by atoms with Crippen molar-refractivity contribution in [2.75, 3.05) is 26.9 Å². The minimum Gasteiger partial charge on any atom is -0.497 e. The van der Waals surface area contributed by atoms with E-state index in [1.807, 2.05) is 18.2 Å². The molecular formula is C35H45N5O10S. The molecule has 3 heterocycles. The highest BCUT2D eigenvalue weighted by Crippen LogP contribution is 2.46. The van der Waals surface area contributed by atoms with Gasteiger partial charge in [0.15, 0.2) is 0 Å². The number of hydrogen-bond acceptors (Lipinski definition) is 11. The van der Waals surface area contributed by atoms with Crippen LogP contribution < -0.4 is 24.8 Å². The second-order valence-electron chi connectivity index (χ2n) is 14.5. The van der Waals surface area contributed by atoms with Crippen LogP contribution in [0, 0.1) is 5.92 Å². The molecule has 2 saturated carbocycles. The molecule has 1 aromatic heterocycles. The van der Waals surface area contributed by atoms with E-state index in [0.717, 1.165) is 5.39 Å². The monoisotopic (exact) mass is 727 g/mol. The van der Waals surface area contributed by atoms with Gasteiger partial charge in [0.2, 0.25) is 27.7 Å². The zero-order valence-electron chi connectivity index (χ0n) is 29.2. The van der Waals surface area contributed by atoms with E-state index in [0.29, 0.717) is 36.3 Å². The summed E-state index contributed by atoms with van der Waals surface area (Å²) >= 11 is 0. The van der Waals surface area contributed by atoms with Crippen molar-refractivity contribution in [3.8, 4) is 11.6 Å². The third-order valence-electron chi connectivity index (χ3n) is 9.38. The van der Waals surface area contributed by atoms with Crippen molar-refractivity contribution in [2.45, 2.75) is 93.9 Å². The molecule has 5 unspecified atom stereocenters. The van der Waals surface area contributed by atoms with Gasteiger partial charge in [-0.2, -0.15) is 0 Å². The quantitative estimate of drug-likeness (QED) is 0.355. The first-order valence-electron chi connectivity index (χ1n) is 17.2. The third-order valence-corrected chi connectivity index (χ3v) is 11.2. The number of nitrogens with zero attached hydrogens (tertiary/aromatic N) is 2. The number of ether oxygens (including phenoxy) is 4. The van der Waals surface area contributed by atoms with Crippen molar-refractivity contribution in [1.29, 1.82) is 0 Å². The molecule has 2 aromatic rings. The zero-order valence-corrected chi connectivity index (χ0v) is 30.0. The second-order valence-corrected chi connectivity index (χ2v) is 16.4. The van der Waals surface area contributed by atoms with E-state index in [9.17, 15) is 27.6 Å². The molecule has 51 heavy (non-hydrogen) atoms. The van der Waals surface area contributed by atoms with E-state index in [2.05, 4.69) is 20.3 Å². The van der Waals surface area contributed by atoms with Gasteiger partial charge in [0, 0.05) is 30.5 Å². The lowest BCUT2D eigenvalue weighted by atomic mass is 10.1. The van der Waals surface area contributed by atoms with E-state index in [4.69, 9.17) is 18.9 Å². The Morgan fingerprint density at radius 1 is 1.14 bits per heavy atom. The summed E-state index contributed by atoms with van der Waals surface area (Å²) in [6, 6.07) is 5.03. The zero-order chi connectivity index (χ0) is 36.6. The fourth-order valence-corrected chi connectivity index (χ4v) is 7.88. The van der Waals surface area contributed by atoms with Crippen molar-refractivity contribution in [2.24, 2.45) is 5.92 Å². The summed E-state index contributed by atoms with van der Waals surface area (Å²) in [5.41, 5.74) is -2.37. The van der Waals surface area contributed by atoms with Crippen LogP contribution in [0.1, 0.15) is 59.3 Å². The minimum absolute atomic E-state index is 0.0344. The van der Waals surface area contributed by atoms with Gasteiger partial charge in [-0.25, -0.2) is 18.2 Å². The first-order chi connectivity index (χ1) is 24.2. The molecule has 0 bridgehead atoms. The maximum atomic E-state index is 14.3. The molecule has 16 heteroatoms. The maximum Gasteiger partial charge on any atom is 0.408 e. The second kappa shape index (κ2) is 14.3. The smallest absolute Gasteiger partial charge is 0.408 e. The molecule has 2 aliphatic carbocycles. The van der Waals surface area contributed by atoms with Gasteiger partial charge in [0.25, 0.3) is 5.91 Å². The summed E-state index contributed by atoms with van der Waals surface area (Å²) in [5.74, 6) is -1.57. The normalized spacial score (nSPS) is 27.9. The molecule has 3 N–H and O–H groups in total. The first-order valence-corrected chi connectivity index (χ1v) is 18.8. The van der Waals surface area contributed by atoms with Crippen molar-refractivity contribution in [1.82, 2.24) is 25.2 Å². The van der Waals surface area contributed by atoms with Crippen molar-refractivity contribution in [3.05, 3.63) is 42.6 Å². The number of pyridine rings is 1. The minimum atomic E-state index is -3.91. The summed E-state index contributed by atoms with van der Waals surface area (Å²) in [6.07, 6.45) is 5.26. The lowest BCUT2D eigenvalue weighted by Gasteiger charge is -2.30. The Bertz CT molecular complexity index is 1820. The van der Waals surface area contributed by atoms with Crippen molar-refractivity contribution >= 4 is 44.6 Å². The highest BCUT2D eigenvalue weighted by molar-refractivity contribution is 7.91. The maximum absolute atomic E-state index is 14.3. The van der Waals surface area contributed by atoms with Crippen LogP contribution in [-0.4, -0.2) is 104 Å². The molecule has 276 valence electrons. The van der Waals surface area contributed by atoms with E-state index in [1.165, 1.54) is 4.90 Å². The molecule has 3 fully saturated rings. The Hall–Kier alpha value is -4.44. The SMILES string of the molecule is COc1ccc2c(OC3CC4C(=O)NC5(C(=O)NS(=O)(=O)C6CC6)CC5/C=C\COCCCC(NC(=O)OC(C)(C)C)C(=O)N4C3)nccc2c1. The molecule has 15 nitrogen and oxygen atoms in total.